The zero-order valence-electron chi connectivity index (χ0n) is 15.6. The Bertz CT molecular complexity index is 1190. The lowest BCUT2D eigenvalue weighted by Gasteiger charge is -2.09. The van der Waals surface area contributed by atoms with Crippen molar-refractivity contribution < 1.29 is 9.90 Å². The number of rotatable bonds is 5. The molecule has 0 saturated carbocycles. The number of carbonyl (C=O) groups is 1. The van der Waals surface area contributed by atoms with E-state index in [1.54, 1.807) is 4.57 Å². The van der Waals surface area contributed by atoms with Gasteiger partial charge in [0.25, 0.3) is 5.91 Å². The lowest BCUT2D eigenvalue weighted by molar-refractivity contribution is -0.119. The van der Waals surface area contributed by atoms with E-state index < -0.39 is 5.91 Å². The van der Waals surface area contributed by atoms with E-state index in [2.05, 4.69) is 34.4 Å². The summed E-state index contributed by atoms with van der Waals surface area (Å²) in [4.78, 5) is 12.3. The maximum absolute atomic E-state index is 12.3. The molecular formula is C20H20N6O2. The number of amides is 1. The van der Waals surface area contributed by atoms with E-state index in [0.29, 0.717) is 23.7 Å². The standard InChI is InChI=1S/C20H20N6O2/c1-13(2)11-25-16-9-5-3-7-14(16)19(20(25)28)23-22-18(27)12-26-17-10-6-4-8-15(17)21-24-26/h3-10,13,28H,11-12H2,1-2H3. The monoisotopic (exact) mass is 376 g/mol. The first-order valence-electron chi connectivity index (χ1n) is 9.07. The van der Waals surface area contributed by atoms with Crippen LogP contribution in [-0.2, 0) is 17.9 Å². The quantitative estimate of drug-likeness (QED) is 0.531. The van der Waals surface area contributed by atoms with E-state index in [0.717, 1.165) is 16.4 Å². The number of azo groups is 1. The molecule has 4 aromatic rings. The molecule has 2 heterocycles. The number of hydrogen-bond acceptors (Lipinski definition) is 5. The van der Waals surface area contributed by atoms with Gasteiger partial charge in [-0.25, -0.2) is 4.68 Å². The maximum atomic E-state index is 12.3. The Kier molecular flexibility index (Phi) is 4.60. The van der Waals surface area contributed by atoms with Gasteiger partial charge < -0.3 is 9.67 Å². The topological polar surface area (TPSA) is 97.7 Å². The molecule has 0 unspecified atom stereocenters. The maximum Gasteiger partial charge on any atom is 0.286 e. The van der Waals surface area contributed by atoms with Gasteiger partial charge in [-0.1, -0.05) is 49.4 Å². The number of hydrogen-bond donors (Lipinski definition) is 1. The average molecular weight is 376 g/mol. The Morgan fingerprint density at radius 3 is 2.61 bits per heavy atom. The zero-order chi connectivity index (χ0) is 19.7. The number of carbonyl (C=O) groups excluding carboxylic acids is 1. The number of benzene rings is 2. The minimum atomic E-state index is -0.476. The molecule has 2 aromatic carbocycles. The Morgan fingerprint density at radius 1 is 1.11 bits per heavy atom. The van der Waals surface area contributed by atoms with Crippen molar-refractivity contribution >= 4 is 33.5 Å². The van der Waals surface area contributed by atoms with Gasteiger partial charge in [0, 0.05) is 11.9 Å². The second-order valence-corrected chi connectivity index (χ2v) is 7.02. The molecule has 0 fully saturated rings. The predicted molar refractivity (Wildman–Crippen MR) is 105 cm³/mol. The van der Waals surface area contributed by atoms with Crippen molar-refractivity contribution in [3.05, 3.63) is 48.5 Å². The van der Waals surface area contributed by atoms with E-state index >= 15 is 0 Å². The molecule has 1 amide bonds. The molecule has 0 spiro atoms. The largest absolute Gasteiger partial charge is 0.493 e. The van der Waals surface area contributed by atoms with E-state index in [9.17, 15) is 9.90 Å². The summed E-state index contributed by atoms with van der Waals surface area (Å²) in [5.74, 6) is -0.123. The summed E-state index contributed by atoms with van der Waals surface area (Å²) >= 11 is 0. The van der Waals surface area contributed by atoms with Gasteiger partial charge in [-0.05, 0) is 24.1 Å². The van der Waals surface area contributed by atoms with Gasteiger partial charge in [0.1, 0.15) is 12.1 Å². The minimum absolute atomic E-state index is 0.0117. The molecule has 142 valence electrons. The highest BCUT2D eigenvalue weighted by Gasteiger charge is 2.17. The van der Waals surface area contributed by atoms with Crippen molar-refractivity contribution in [2.75, 3.05) is 0 Å². The number of aromatic hydroxyl groups is 1. The first kappa shape index (κ1) is 17.8. The van der Waals surface area contributed by atoms with Crippen molar-refractivity contribution in [2.45, 2.75) is 26.9 Å². The molecule has 8 nitrogen and oxygen atoms in total. The second kappa shape index (κ2) is 7.22. The van der Waals surface area contributed by atoms with Crippen LogP contribution in [-0.4, -0.2) is 30.6 Å². The fraction of sp³-hybridized carbons (Fsp3) is 0.250. The third kappa shape index (κ3) is 3.24. The van der Waals surface area contributed by atoms with E-state index in [1.807, 2.05) is 48.5 Å². The molecule has 8 heteroatoms. The lowest BCUT2D eigenvalue weighted by Crippen LogP contribution is -2.08. The van der Waals surface area contributed by atoms with Gasteiger partial charge in [-0.2, -0.15) is 0 Å². The van der Waals surface area contributed by atoms with Gasteiger partial charge in [-0.3, -0.25) is 4.79 Å². The van der Waals surface area contributed by atoms with E-state index in [-0.39, 0.29) is 12.4 Å². The van der Waals surface area contributed by atoms with E-state index in [4.69, 9.17) is 0 Å². The first-order valence-corrected chi connectivity index (χ1v) is 9.07. The summed E-state index contributed by atoms with van der Waals surface area (Å²) in [5.41, 5.74) is 2.62. The molecule has 0 atom stereocenters. The summed E-state index contributed by atoms with van der Waals surface area (Å²) in [6.45, 7) is 4.71. The Balaban J connectivity index is 1.63. The van der Waals surface area contributed by atoms with Crippen molar-refractivity contribution in [1.82, 2.24) is 19.6 Å². The van der Waals surface area contributed by atoms with Crippen molar-refractivity contribution in [3.8, 4) is 5.88 Å². The molecule has 0 aliphatic heterocycles. The van der Waals surface area contributed by atoms with Gasteiger partial charge >= 0.3 is 0 Å². The Labute approximate surface area is 161 Å². The van der Waals surface area contributed by atoms with Crippen molar-refractivity contribution in [3.63, 3.8) is 0 Å². The normalized spacial score (nSPS) is 12.0. The van der Waals surface area contributed by atoms with Crippen LogP contribution in [0.15, 0.2) is 58.8 Å². The summed E-state index contributed by atoms with van der Waals surface area (Å²) in [6.07, 6.45) is 0. The van der Waals surface area contributed by atoms with Crippen LogP contribution in [0, 0.1) is 5.92 Å². The highest BCUT2D eigenvalue weighted by Crippen LogP contribution is 2.39. The fourth-order valence-electron chi connectivity index (χ4n) is 3.22. The third-order valence-electron chi connectivity index (χ3n) is 4.43. The Hall–Kier alpha value is -3.55. The van der Waals surface area contributed by atoms with Crippen LogP contribution in [0.3, 0.4) is 0 Å². The molecule has 0 aliphatic carbocycles. The van der Waals surface area contributed by atoms with Crippen molar-refractivity contribution in [2.24, 2.45) is 16.1 Å². The predicted octanol–water partition coefficient (Wildman–Crippen LogP) is 4.06. The third-order valence-corrected chi connectivity index (χ3v) is 4.43. The van der Waals surface area contributed by atoms with Crippen LogP contribution in [0.5, 0.6) is 5.88 Å². The fourth-order valence-corrected chi connectivity index (χ4v) is 3.22. The van der Waals surface area contributed by atoms with Gasteiger partial charge in [0.2, 0.25) is 5.88 Å². The first-order chi connectivity index (χ1) is 13.5. The van der Waals surface area contributed by atoms with Gasteiger partial charge in [0.15, 0.2) is 5.69 Å². The summed E-state index contributed by atoms with van der Waals surface area (Å²) in [6, 6.07) is 14.9. The summed E-state index contributed by atoms with van der Waals surface area (Å²) in [7, 11) is 0. The molecule has 0 saturated heterocycles. The molecule has 4 rings (SSSR count). The molecule has 0 radical (unpaired) electrons. The van der Waals surface area contributed by atoms with Crippen LogP contribution < -0.4 is 0 Å². The molecule has 0 bridgehead atoms. The highest BCUT2D eigenvalue weighted by atomic mass is 16.3. The van der Waals surface area contributed by atoms with Gasteiger partial charge in [0.05, 0.1) is 11.0 Å². The highest BCUT2D eigenvalue weighted by molar-refractivity contribution is 5.95. The van der Waals surface area contributed by atoms with Crippen LogP contribution in [0.25, 0.3) is 21.9 Å². The minimum Gasteiger partial charge on any atom is -0.493 e. The van der Waals surface area contributed by atoms with Crippen LogP contribution in [0.4, 0.5) is 5.69 Å². The number of fused-ring (bicyclic) bond motifs is 2. The van der Waals surface area contributed by atoms with E-state index in [1.165, 1.54) is 4.68 Å². The zero-order valence-corrected chi connectivity index (χ0v) is 15.6. The number of aromatic nitrogens is 4. The smallest absolute Gasteiger partial charge is 0.286 e. The lowest BCUT2D eigenvalue weighted by atomic mass is 10.2. The van der Waals surface area contributed by atoms with Crippen molar-refractivity contribution in [1.29, 1.82) is 0 Å². The number of nitrogens with zero attached hydrogens (tertiary/aromatic N) is 6. The van der Waals surface area contributed by atoms with Crippen LogP contribution >= 0.6 is 0 Å². The van der Waals surface area contributed by atoms with Crippen LogP contribution in [0.2, 0.25) is 0 Å². The summed E-state index contributed by atoms with van der Waals surface area (Å²) < 4.78 is 3.28. The SMILES string of the molecule is CC(C)Cn1c(O)c(N=NC(=O)Cn2nnc3ccccc32)c2ccccc21. The Morgan fingerprint density at radius 2 is 1.82 bits per heavy atom. The molecular weight excluding hydrogens is 356 g/mol. The summed E-state index contributed by atoms with van der Waals surface area (Å²) in [5, 5.41) is 27.3. The molecule has 2 aromatic heterocycles. The van der Waals surface area contributed by atoms with Crippen LogP contribution in [0.1, 0.15) is 13.8 Å². The average Bonchev–Trinajstić information content (AvgIpc) is 3.20. The number of para-hydroxylation sites is 2. The van der Waals surface area contributed by atoms with Gasteiger partial charge in [-0.15, -0.1) is 15.3 Å². The molecule has 0 aliphatic rings. The second-order valence-electron chi connectivity index (χ2n) is 7.02. The molecule has 28 heavy (non-hydrogen) atoms. The molecule has 1 N–H and O–H groups in total.